The SMILES string of the molecule is CCOc1ccc(C2C(C(=O)c3sc(C)nc3C)=C(O)C(=O)N2CCCn2ccnc2)cc1OCC. The Hall–Kier alpha value is -3.66. The molecule has 1 aliphatic heterocycles. The summed E-state index contributed by atoms with van der Waals surface area (Å²) in [6.07, 6.45) is 5.87. The fourth-order valence-electron chi connectivity index (χ4n) is 4.41. The Morgan fingerprint density at radius 1 is 1.14 bits per heavy atom. The van der Waals surface area contributed by atoms with Crippen LogP contribution in [-0.2, 0) is 11.3 Å². The van der Waals surface area contributed by atoms with Crippen molar-refractivity contribution in [2.75, 3.05) is 19.8 Å². The number of nitrogens with zero attached hydrogens (tertiary/aromatic N) is 4. The number of hydrogen-bond acceptors (Lipinski definition) is 8. The number of ether oxygens (including phenoxy) is 2. The lowest BCUT2D eigenvalue weighted by Crippen LogP contribution is -2.32. The van der Waals surface area contributed by atoms with Crippen molar-refractivity contribution in [1.82, 2.24) is 19.4 Å². The van der Waals surface area contributed by atoms with Gasteiger partial charge < -0.3 is 24.0 Å². The fourth-order valence-corrected chi connectivity index (χ4v) is 5.28. The van der Waals surface area contributed by atoms with Crippen molar-refractivity contribution in [3.8, 4) is 11.5 Å². The van der Waals surface area contributed by atoms with Crippen LogP contribution in [0.1, 0.15) is 52.2 Å². The molecular weight excluding hydrogens is 480 g/mol. The average molecular weight is 511 g/mol. The van der Waals surface area contributed by atoms with Crippen molar-refractivity contribution in [3.63, 3.8) is 0 Å². The van der Waals surface area contributed by atoms with Crippen molar-refractivity contribution < 1.29 is 24.2 Å². The quantitative estimate of drug-likeness (QED) is 0.381. The molecule has 1 aliphatic rings. The highest BCUT2D eigenvalue weighted by molar-refractivity contribution is 7.14. The van der Waals surface area contributed by atoms with Crippen LogP contribution in [0, 0.1) is 13.8 Å². The zero-order chi connectivity index (χ0) is 25.8. The van der Waals surface area contributed by atoms with E-state index in [1.807, 2.05) is 37.6 Å². The minimum Gasteiger partial charge on any atom is -0.503 e. The molecule has 0 bridgehead atoms. The van der Waals surface area contributed by atoms with E-state index < -0.39 is 23.5 Å². The van der Waals surface area contributed by atoms with Crippen LogP contribution in [0.4, 0.5) is 0 Å². The monoisotopic (exact) mass is 510 g/mol. The van der Waals surface area contributed by atoms with E-state index in [0.29, 0.717) is 60.4 Å². The van der Waals surface area contributed by atoms with E-state index in [1.165, 1.54) is 11.3 Å². The average Bonchev–Trinajstić information content (AvgIpc) is 3.55. The molecule has 1 unspecified atom stereocenters. The second kappa shape index (κ2) is 10.9. The molecule has 36 heavy (non-hydrogen) atoms. The van der Waals surface area contributed by atoms with Crippen molar-refractivity contribution in [2.45, 2.75) is 46.7 Å². The third-order valence-corrected chi connectivity index (χ3v) is 6.99. The van der Waals surface area contributed by atoms with Gasteiger partial charge in [0.05, 0.1) is 46.7 Å². The summed E-state index contributed by atoms with van der Waals surface area (Å²) in [6, 6.07) is 4.60. The van der Waals surface area contributed by atoms with E-state index in [-0.39, 0.29) is 5.57 Å². The minimum atomic E-state index is -0.774. The van der Waals surface area contributed by atoms with Crippen LogP contribution < -0.4 is 9.47 Å². The molecular formula is C26H30N4O5S. The number of imidazole rings is 1. The van der Waals surface area contributed by atoms with Crippen LogP contribution in [0.15, 0.2) is 48.3 Å². The zero-order valence-electron chi connectivity index (χ0n) is 20.9. The second-order valence-corrected chi connectivity index (χ2v) is 9.57. The maximum atomic E-state index is 13.7. The van der Waals surface area contributed by atoms with E-state index in [2.05, 4.69) is 9.97 Å². The first-order valence-corrected chi connectivity index (χ1v) is 12.7. The Balaban J connectivity index is 1.74. The summed E-state index contributed by atoms with van der Waals surface area (Å²) in [4.78, 5) is 37.4. The van der Waals surface area contributed by atoms with Gasteiger partial charge in [0.2, 0.25) is 5.78 Å². The van der Waals surface area contributed by atoms with Gasteiger partial charge in [0, 0.05) is 25.5 Å². The number of aromatic nitrogens is 3. The highest BCUT2D eigenvalue weighted by Gasteiger charge is 2.44. The third-order valence-electron chi connectivity index (χ3n) is 5.92. The van der Waals surface area contributed by atoms with Gasteiger partial charge in [-0.1, -0.05) is 6.07 Å². The van der Waals surface area contributed by atoms with Crippen LogP contribution in [0.25, 0.3) is 0 Å². The molecule has 0 fully saturated rings. The number of ketones is 1. The van der Waals surface area contributed by atoms with E-state index in [0.717, 1.165) is 5.01 Å². The molecule has 10 heteroatoms. The number of aliphatic hydroxyl groups excluding tert-OH is 1. The minimum absolute atomic E-state index is 0.0565. The van der Waals surface area contributed by atoms with Gasteiger partial charge in [-0.15, -0.1) is 11.3 Å². The first kappa shape index (κ1) is 25.4. The van der Waals surface area contributed by atoms with E-state index >= 15 is 0 Å². The number of carbonyl (C=O) groups excluding carboxylic acids is 2. The maximum Gasteiger partial charge on any atom is 0.290 e. The molecule has 9 nitrogen and oxygen atoms in total. The van der Waals surface area contributed by atoms with E-state index in [1.54, 1.807) is 36.5 Å². The predicted molar refractivity (Wildman–Crippen MR) is 136 cm³/mol. The van der Waals surface area contributed by atoms with Crippen molar-refractivity contribution in [2.24, 2.45) is 0 Å². The number of benzene rings is 1. The highest BCUT2D eigenvalue weighted by Crippen LogP contribution is 2.42. The Kier molecular flexibility index (Phi) is 7.73. The Labute approximate surface area is 214 Å². The van der Waals surface area contributed by atoms with Gasteiger partial charge >= 0.3 is 0 Å². The van der Waals surface area contributed by atoms with Gasteiger partial charge in [-0.3, -0.25) is 9.59 Å². The molecule has 0 spiro atoms. The van der Waals surface area contributed by atoms with Crippen LogP contribution in [-0.4, -0.2) is 56.0 Å². The molecule has 4 rings (SSSR count). The molecule has 190 valence electrons. The topological polar surface area (TPSA) is 107 Å². The number of amides is 1. The molecule has 1 aromatic carbocycles. The lowest BCUT2D eigenvalue weighted by Gasteiger charge is -2.27. The van der Waals surface area contributed by atoms with E-state index in [9.17, 15) is 14.7 Å². The van der Waals surface area contributed by atoms with Crippen LogP contribution >= 0.6 is 11.3 Å². The molecule has 1 N–H and O–H groups in total. The van der Waals surface area contributed by atoms with Gasteiger partial charge in [0.1, 0.15) is 0 Å². The number of aliphatic hydroxyl groups is 1. The van der Waals surface area contributed by atoms with Crippen molar-refractivity contribution in [1.29, 1.82) is 0 Å². The molecule has 3 heterocycles. The lowest BCUT2D eigenvalue weighted by molar-refractivity contribution is -0.129. The Morgan fingerprint density at radius 3 is 2.53 bits per heavy atom. The molecule has 3 aromatic rings. The van der Waals surface area contributed by atoms with Gasteiger partial charge in [0.15, 0.2) is 17.3 Å². The molecule has 0 aliphatic carbocycles. The molecule has 1 atom stereocenters. The van der Waals surface area contributed by atoms with Crippen molar-refractivity contribution in [3.05, 3.63) is 69.4 Å². The first-order chi connectivity index (χ1) is 17.3. The van der Waals surface area contributed by atoms with Gasteiger partial charge in [0.25, 0.3) is 5.91 Å². The van der Waals surface area contributed by atoms with Gasteiger partial charge in [-0.2, -0.15) is 0 Å². The third kappa shape index (κ3) is 4.99. The Morgan fingerprint density at radius 2 is 1.89 bits per heavy atom. The number of carbonyl (C=O) groups is 2. The zero-order valence-corrected chi connectivity index (χ0v) is 21.7. The standard InChI is InChI=1S/C26H30N4O5S/c1-5-34-19-9-8-18(14-20(19)35-6-2)22-21(23(31)25-16(3)28-17(4)36-25)24(32)26(33)30(22)12-7-11-29-13-10-27-15-29/h8-10,13-15,22,32H,5-7,11-12H2,1-4H3. The number of aryl methyl sites for hydroxylation is 3. The maximum absolute atomic E-state index is 13.7. The molecule has 2 aromatic heterocycles. The van der Waals surface area contributed by atoms with Gasteiger partial charge in [-0.25, -0.2) is 9.97 Å². The second-order valence-electron chi connectivity index (χ2n) is 8.37. The molecule has 0 radical (unpaired) electrons. The van der Waals surface area contributed by atoms with Crippen LogP contribution in [0.2, 0.25) is 0 Å². The smallest absolute Gasteiger partial charge is 0.290 e. The summed E-state index contributed by atoms with van der Waals surface area (Å²) in [5, 5.41) is 11.7. The number of hydrogen-bond donors (Lipinski definition) is 1. The largest absolute Gasteiger partial charge is 0.503 e. The molecule has 0 saturated heterocycles. The first-order valence-electron chi connectivity index (χ1n) is 11.9. The highest BCUT2D eigenvalue weighted by atomic mass is 32.1. The van der Waals surface area contributed by atoms with E-state index in [4.69, 9.17) is 9.47 Å². The van der Waals surface area contributed by atoms with Crippen LogP contribution in [0.3, 0.4) is 0 Å². The van der Waals surface area contributed by atoms with Gasteiger partial charge in [-0.05, 0) is 51.8 Å². The van der Waals surface area contributed by atoms with Crippen molar-refractivity contribution >= 4 is 23.0 Å². The fraction of sp³-hybridized carbons (Fsp3) is 0.385. The summed E-state index contributed by atoms with van der Waals surface area (Å²) in [6.45, 7) is 9.21. The summed E-state index contributed by atoms with van der Waals surface area (Å²) >= 11 is 1.26. The summed E-state index contributed by atoms with van der Waals surface area (Å²) < 4.78 is 13.4. The number of thiazole rings is 1. The lowest BCUT2D eigenvalue weighted by atomic mass is 9.94. The number of Topliss-reactive ketones (excluding diaryl/α,β-unsaturated/α-hetero) is 1. The summed E-state index contributed by atoms with van der Waals surface area (Å²) in [7, 11) is 0. The Bertz CT molecular complexity index is 1280. The summed E-state index contributed by atoms with van der Waals surface area (Å²) in [5.74, 6) is -0.387. The predicted octanol–water partition coefficient (Wildman–Crippen LogP) is 4.42. The normalized spacial score (nSPS) is 15.6. The number of rotatable bonds is 11. The van der Waals surface area contributed by atoms with Crippen LogP contribution in [0.5, 0.6) is 11.5 Å². The summed E-state index contributed by atoms with van der Waals surface area (Å²) in [5.41, 5.74) is 1.29. The molecule has 0 saturated carbocycles. The molecule has 1 amide bonds.